The first-order chi connectivity index (χ1) is 5.69. The van der Waals surface area contributed by atoms with Gasteiger partial charge < -0.3 is 14.2 Å². The van der Waals surface area contributed by atoms with Gasteiger partial charge in [0.25, 0.3) is 0 Å². The summed E-state index contributed by atoms with van der Waals surface area (Å²) in [5.41, 5.74) is 0. The minimum atomic E-state index is -0.423. The number of hydrogen-bond donors (Lipinski definition) is 0. The molecule has 4 heteroatoms. The Balaban J connectivity index is 2.58. The van der Waals surface area contributed by atoms with Gasteiger partial charge in [0.05, 0.1) is 0 Å². The topological polar surface area (TPSA) is 44.8 Å². The first-order valence-corrected chi connectivity index (χ1v) is 3.93. The average molecular weight is 174 g/mol. The fourth-order valence-electron chi connectivity index (χ4n) is 1.27. The highest BCUT2D eigenvalue weighted by atomic mass is 16.7. The van der Waals surface area contributed by atoms with E-state index in [1.165, 1.54) is 7.11 Å². The van der Waals surface area contributed by atoms with Crippen LogP contribution in [0.2, 0.25) is 0 Å². The maximum Gasteiger partial charge on any atom is 0.190 e. The second-order valence-electron chi connectivity index (χ2n) is 2.81. The molecule has 1 fully saturated rings. The molecule has 3 atom stereocenters. The summed E-state index contributed by atoms with van der Waals surface area (Å²) in [4.78, 5) is 11.3. The van der Waals surface area contributed by atoms with Crippen molar-refractivity contribution in [1.82, 2.24) is 0 Å². The summed E-state index contributed by atoms with van der Waals surface area (Å²) in [5.74, 6) is -0.00852. The predicted molar refractivity (Wildman–Crippen MR) is 41.8 cm³/mol. The van der Waals surface area contributed by atoms with Gasteiger partial charge in [-0.2, -0.15) is 0 Å². The third-order valence-electron chi connectivity index (χ3n) is 2.03. The molecule has 4 nitrogen and oxygen atoms in total. The number of methoxy groups -OCH3 is 2. The van der Waals surface area contributed by atoms with E-state index in [2.05, 4.69) is 0 Å². The Labute approximate surface area is 71.8 Å². The van der Waals surface area contributed by atoms with Crippen molar-refractivity contribution >= 4 is 5.78 Å². The Morgan fingerprint density at radius 1 is 1.42 bits per heavy atom. The van der Waals surface area contributed by atoms with E-state index in [0.29, 0.717) is 6.42 Å². The van der Waals surface area contributed by atoms with E-state index in [4.69, 9.17) is 14.2 Å². The molecule has 0 aliphatic carbocycles. The normalized spacial score (nSPS) is 36.9. The number of ketones is 1. The summed E-state index contributed by atoms with van der Waals surface area (Å²) in [6.07, 6.45) is -0.633. The minimum absolute atomic E-state index is 0.00852. The largest absolute Gasteiger partial charge is 0.373 e. The van der Waals surface area contributed by atoms with E-state index in [-0.39, 0.29) is 18.2 Å². The van der Waals surface area contributed by atoms with E-state index in [1.54, 1.807) is 14.0 Å². The first kappa shape index (κ1) is 9.64. The Kier molecular flexibility index (Phi) is 3.20. The van der Waals surface area contributed by atoms with Crippen molar-refractivity contribution in [2.75, 3.05) is 14.2 Å². The smallest absolute Gasteiger partial charge is 0.190 e. The van der Waals surface area contributed by atoms with Gasteiger partial charge in [0.2, 0.25) is 0 Å². The molecule has 1 aliphatic rings. The molecule has 70 valence electrons. The molecule has 1 heterocycles. The number of rotatable bonds is 2. The highest BCUT2D eigenvalue weighted by Crippen LogP contribution is 2.18. The molecule has 0 unspecified atom stereocenters. The van der Waals surface area contributed by atoms with Crippen LogP contribution in [0.15, 0.2) is 0 Å². The van der Waals surface area contributed by atoms with Crippen molar-refractivity contribution in [3.63, 3.8) is 0 Å². The van der Waals surface area contributed by atoms with Crippen LogP contribution >= 0.6 is 0 Å². The zero-order valence-electron chi connectivity index (χ0n) is 7.57. The third-order valence-corrected chi connectivity index (χ3v) is 2.03. The van der Waals surface area contributed by atoms with Crippen LogP contribution in [0, 0.1) is 0 Å². The van der Waals surface area contributed by atoms with Crippen molar-refractivity contribution in [1.29, 1.82) is 0 Å². The molecule has 0 N–H and O–H groups in total. The van der Waals surface area contributed by atoms with Gasteiger partial charge in [-0.15, -0.1) is 0 Å². The van der Waals surface area contributed by atoms with Crippen molar-refractivity contribution in [2.24, 2.45) is 0 Å². The molecule has 0 bridgehead atoms. The van der Waals surface area contributed by atoms with Crippen molar-refractivity contribution in [2.45, 2.75) is 31.8 Å². The second-order valence-corrected chi connectivity index (χ2v) is 2.81. The van der Waals surface area contributed by atoms with E-state index in [9.17, 15) is 4.79 Å². The predicted octanol–water partition coefficient (Wildman–Crippen LogP) is 0.352. The molecule has 0 radical (unpaired) electrons. The van der Waals surface area contributed by atoms with Crippen LogP contribution in [-0.2, 0) is 19.0 Å². The summed E-state index contributed by atoms with van der Waals surface area (Å²) in [6.45, 7) is 1.71. The van der Waals surface area contributed by atoms with Gasteiger partial charge >= 0.3 is 0 Å². The second kappa shape index (κ2) is 3.98. The van der Waals surface area contributed by atoms with Crippen LogP contribution in [-0.4, -0.2) is 38.5 Å². The zero-order valence-corrected chi connectivity index (χ0v) is 7.57. The molecule has 0 aromatic rings. The van der Waals surface area contributed by atoms with Crippen molar-refractivity contribution in [3.05, 3.63) is 0 Å². The number of carbonyl (C=O) groups excluding carboxylic acids is 1. The van der Waals surface area contributed by atoms with Crippen molar-refractivity contribution < 1.29 is 19.0 Å². The molecule has 1 saturated heterocycles. The van der Waals surface area contributed by atoms with E-state index in [1.807, 2.05) is 0 Å². The van der Waals surface area contributed by atoms with E-state index in [0.717, 1.165) is 0 Å². The van der Waals surface area contributed by atoms with Gasteiger partial charge in [-0.25, -0.2) is 0 Å². The highest BCUT2D eigenvalue weighted by molar-refractivity contribution is 5.87. The molecular weight excluding hydrogens is 160 g/mol. The summed E-state index contributed by atoms with van der Waals surface area (Å²) >= 11 is 0. The standard InChI is InChI=1S/C8H14O4/c1-5-8(9)6(10-2)4-7(11-3)12-5/h5-7H,4H2,1-3H3/t5-,6-,7+/m0/s1. The SMILES string of the molecule is CO[C@H]1C[C@H](OC)C(=O)[C@H](C)O1. The van der Waals surface area contributed by atoms with Gasteiger partial charge in [-0.05, 0) is 6.92 Å². The first-order valence-electron chi connectivity index (χ1n) is 3.93. The third kappa shape index (κ3) is 1.83. The van der Waals surface area contributed by atoms with E-state index >= 15 is 0 Å². The van der Waals surface area contributed by atoms with Crippen LogP contribution in [0.3, 0.4) is 0 Å². The lowest BCUT2D eigenvalue weighted by molar-refractivity contribution is -0.202. The lowest BCUT2D eigenvalue weighted by Crippen LogP contribution is -2.44. The van der Waals surface area contributed by atoms with Crippen LogP contribution in [0.1, 0.15) is 13.3 Å². The summed E-state index contributed by atoms with van der Waals surface area (Å²) in [7, 11) is 3.08. The van der Waals surface area contributed by atoms with Crippen LogP contribution in [0.5, 0.6) is 0 Å². The lowest BCUT2D eigenvalue weighted by atomic mass is 10.0. The Hall–Kier alpha value is -0.450. The molecule has 0 aromatic heterocycles. The summed E-state index contributed by atoms with van der Waals surface area (Å²) in [5, 5.41) is 0. The molecular formula is C8H14O4. The Morgan fingerprint density at radius 3 is 2.58 bits per heavy atom. The fourth-order valence-corrected chi connectivity index (χ4v) is 1.27. The maximum atomic E-state index is 11.3. The van der Waals surface area contributed by atoms with Gasteiger partial charge in [0.15, 0.2) is 12.1 Å². The highest BCUT2D eigenvalue weighted by Gasteiger charge is 2.34. The molecule has 0 aromatic carbocycles. The number of hydrogen-bond acceptors (Lipinski definition) is 4. The Bertz CT molecular complexity index is 168. The molecule has 1 aliphatic heterocycles. The summed E-state index contributed by atoms with van der Waals surface area (Å²) in [6, 6.07) is 0. The molecule has 0 saturated carbocycles. The van der Waals surface area contributed by atoms with Crippen LogP contribution < -0.4 is 0 Å². The summed E-state index contributed by atoms with van der Waals surface area (Å²) < 4.78 is 15.2. The van der Waals surface area contributed by atoms with Crippen LogP contribution in [0.25, 0.3) is 0 Å². The molecule has 0 amide bonds. The zero-order chi connectivity index (χ0) is 9.14. The monoisotopic (exact) mass is 174 g/mol. The molecule has 0 spiro atoms. The fraction of sp³-hybridized carbons (Fsp3) is 0.875. The quantitative estimate of drug-likeness (QED) is 0.606. The molecule has 1 rings (SSSR count). The van der Waals surface area contributed by atoms with Crippen LogP contribution in [0.4, 0.5) is 0 Å². The number of Topliss-reactive ketones (excluding diaryl/α,β-unsaturated/α-hetero) is 1. The average Bonchev–Trinajstić information content (AvgIpc) is 2.09. The Morgan fingerprint density at radius 2 is 2.08 bits per heavy atom. The van der Waals surface area contributed by atoms with Gasteiger partial charge in [-0.3, -0.25) is 4.79 Å². The van der Waals surface area contributed by atoms with E-state index < -0.39 is 6.10 Å². The number of carbonyl (C=O) groups is 1. The molecule has 12 heavy (non-hydrogen) atoms. The minimum Gasteiger partial charge on any atom is -0.373 e. The lowest BCUT2D eigenvalue weighted by Gasteiger charge is -2.30. The van der Waals surface area contributed by atoms with Crippen molar-refractivity contribution in [3.8, 4) is 0 Å². The van der Waals surface area contributed by atoms with Gasteiger partial charge in [0.1, 0.15) is 12.2 Å². The number of ether oxygens (including phenoxy) is 3. The van der Waals surface area contributed by atoms with Gasteiger partial charge in [-0.1, -0.05) is 0 Å². The maximum absolute atomic E-state index is 11.3. The van der Waals surface area contributed by atoms with Gasteiger partial charge in [0, 0.05) is 20.6 Å².